The van der Waals surface area contributed by atoms with Crippen molar-refractivity contribution in [2.75, 3.05) is 14.2 Å². The van der Waals surface area contributed by atoms with E-state index in [1.165, 1.54) is 20.3 Å². The van der Waals surface area contributed by atoms with Gasteiger partial charge in [-0.3, -0.25) is 13.7 Å². The van der Waals surface area contributed by atoms with Gasteiger partial charge in [0.2, 0.25) is 5.91 Å². The van der Waals surface area contributed by atoms with E-state index in [2.05, 4.69) is 23.0 Å². The summed E-state index contributed by atoms with van der Waals surface area (Å²) in [4.78, 5) is 13.4. The number of nitrogens with one attached hydrogen (secondary N) is 1. The Hall–Kier alpha value is -3.11. The van der Waals surface area contributed by atoms with Gasteiger partial charge in [0.05, 0.1) is 44.3 Å². The molecule has 0 fully saturated rings. The maximum absolute atomic E-state index is 11.7. The summed E-state index contributed by atoms with van der Waals surface area (Å²) in [5, 5.41) is 4.56. The van der Waals surface area contributed by atoms with Gasteiger partial charge < -0.3 is 23.6 Å². The van der Waals surface area contributed by atoms with Crippen molar-refractivity contribution in [3.63, 3.8) is 0 Å². The van der Waals surface area contributed by atoms with E-state index < -0.39 is 11.3 Å². The lowest BCUT2D eigenvalue weighted by Gasteiger charge is -2.19. The lowest BCUT2D eigenvalue weighted by atomic mass is 10.1. The van der Waals surface area contributed by atoms with Crippen LogP contribution in [0.4, 0.5) is 0 Å². The summed E-state index contributed by atoms with van der Waals surface area (Å²) >= 11 is -2.51. The molecule has 29 heavy (non-hydrogen) atoms. The van der Waals surface area contributed by atoms with Crippen molar-refractivity contribution in [2.24, 2.45) is 0 Å². The van der Waals surface area contributed by atoms with Gasteiger partial charge in [0.25, 0.3) is 0 Å². The fraction of sp³-hybridized carbons (Fsp3) is 0.263. The maximum atomic E-state index is 11.7. The molecule has 1 atom stereocenters. The van der Waals surface area contributed by atoms with Crippen molar-refractivity contribution in [1.29, 1.82) is 0 Å². The van der Waals surface area contributed by atoms with Gasteiger partial charge in [0.1, 0.15) is 11.5 Å². The molecule has 0 saturated heterocycles. The molecule has 1 aromatic carbocycles. The molecular weight excluding hydrogens is 396 g/mol. The lowest BCUT2D eigenvalue weighted by molar-refractivity contribution is -0.126. The number of fused-ring (bicyclic) bond motifs is 1. The van der Waals surface area contributed by atoms with Crippen molar-refractivity contribution >= 4 is 22.9 Å². The van der Waals surface area contributed by atoms with E-state index in [1.807, 2.05) is 6.20 Å². The number of hydrogen-bond donors (Lipinski definition) is 1. The molecule has 0 aliphatic carbocycles. The Morgan fingerprint density at radius 2 is 2.00 bits per heavy atom. The first-order chi connectivity index (χ1) is 13.9. The van der Waals surface area contributed by atoms with Crippen molar-refractivity contribution in [3.05, 3.63) is 59.9 Å². The smallest absolute Gasteiger partial charge is 0.246 e. The molecule has 0 spiro atoms. The fourth-order valence-electron chi connectivity index (χ4n) is 3.27. The zero-order valence-electron chi connectivity index (χ0n) is 16.1. The van der Waals surface area contributed by atoms with Crippen LogP contribution in [0.2, 0.25) is 0 Å². The van der Waals surface area contributed by atoms with Gasteiger partial charge in [-0.25, -0.2) is 0 Å². The first-order valence-corrected chi connectivity index (χ1v) is 9.70. The fourth-order valence-corrected chi connectivity index (χ4v) is 3.57. The van der Waals surface area contributed by atoms with Gasteiger partial charge in [-0.1, -0.05) is 13.2 Å². The molecule has 3 rings (SSSR count). The molecule has 1 N–H and O–H groups in total. The van der Waals surface area contributed by atoms with Crippen molar-refractivity contribution in [3.8, 4) is 11.5 Å². The van der Waals surface area contributed by atoms with Gasteiger partial charge in [0, 0.05) is 29.6 Å². The van der Waals surface area contributed by atoms with Crippen LogP contribution in [-0.4, -0.2) is 43.6 Å². The summed E-state index contributed by atoms with van der Waals surface area (Å²) in [6.45, 7) is 8.65. The summed E-state index contributed by atoms with van der Waals surface area (Å²) in [5.41, 5.74) is 3.25. The highest BCUT2D eigenvalue weighted by atomic mass is 32.2. The molecule has 1 unspecified atom stereocenters. The average molecular weight is 417 g/mol. The molecule has 2 heterocycles. The third-order valence-electron chi connectivity index (χ3n) is 4.53. The highest BCUT2D eigenvalue weighted by molar-refractivity contribution is 7.77. The minimum Gasteiger partial charge on any atom is -0.755 e. The van der Waals surface area contributed by atoms with Crippen LogP contribution in [0.5, 0.6) is 11.5 Å². The summed E-state index contributed by atoms with van der Waals surface area (Å²) in [6.07, 6.45) is 3.20. The van der Waals surface area contributed by atoms with Crippen LogP contribution in [0, 0.1) is 0 Å². The van der Waals surface area contributed by atoms with Crippen molar-refractivity contribution in [1.82, 2.24) is 19.4 Å². The molecule has 0 bridgehead atoms. The number of carbonyl (C=O) groups excluding carboxylic acids is 1. The summed E-state index contributed by atoms with van der Waals surface area (Å²) in [5.74, 6) is 0.724. The molecule has 10 heteroatoms. The van der Waals surface area contributed by atoms with Crippen LogP contribution >= 0.6 is 0 Å². The highest BCUT2D eigenvalue weighted by Crippen LogP contribution is 2.35. The maximum Gasteiger partial charge on any atom is 0.246 e. The van der Waals surface area contributed by atoms with Crippen LogP contribution < -0.4 is 14.2 Å². The van der Waals surface area contributed by atoms with Crippen LogP contribution in [0.25, 0.3) is 5.70 Å². The van der Waals surface area contributed by atoms with Crippen LogP contribution in [0.15, 0.2) is 37.6 Å². The molecule has 0 radical (unpaired) electrons. The van der Waals surface area contributed by atoms with E-state index in [0.29, 0.717) is 36.7 Å². The third kappa shape index (κ3) is 4.33. The number of benzene rings is 1. The zero-order chi connectivity index (χ0) is 21.1. The third-order valence-corrected chi connectivity index (χ3v) is 4.94. The number of rotatable bonds is 8. The van der Waals surface area contributed by atoms with E-state index in [1.54, 1.807) is 21.7 Å². The average Bonchev–Trinajstić information content (AvgIpc) is 3.24. The quantitative estimate of drug-likeness (QED) is 0.513. The van der Waals surface area contributed by atoms with Gasteiger partial charge >= 0.3 is 0 Å². The topological polar surface area (TPSA) is 109 Å². The normalized spacial score (nSPS) is 13.6. The molecule has 1 aliphatic rings. The van der Waals surface area contributed by atoms with Crippen molar-refractivity contribution < 1.29 is 23.0 Å². The predicted molar refractivity (Wildman–Crippen MR) is 106 cm³/mol. The number of ether oxygens (including phenoxy) is 2. The SMILES string of the molecule is C=CC(=O)N1Cc2cn(Cc3cc(OC)c(C(=C)NS(=O)[O-])c(OC)c3)nc2C1. The molecule has 1 aliphatic heterocycles. The number of methoxy groups -OCH3 is 2. The van der Waals surface area contributed by atoms with E-state index in [-0.39, 0.29) is 11.6 Å². The Morgan fingerprint density at radius 3 is 2.52 bits per heavy atom. The monoisotopic (exact) mass is 417 g/mol. The standard InChI is InChI=1S/C19H22N4O5S/c1-5-18(24)22-9-14-10-23(20-15(14)11-22)8-13-6-16(27-3)19(17(7-13)28-4)12(2)21-29(25)26/h5-7,10,21H,1-2,8-9,11H2,3-4H3,(H,25,26)/p-1. The predicted octanol–water partition coefficient (Wildman–Crippen LogP) is 1.33. The van der Waals surface area contributed by atoms with Gasteiger partial charge in [-0.2, -0.15) is 5.10 Å². The number of amides is 1. The largest absolute Gasteiger partial charge is 0.755 e. The van der Waals surface area contributed by atoms with E-state index in [9.17, 15) is 13.6 Å². The van der Waals surface area contributed by atoms with Gasteiger partial charge in [-0.05, 0) is 23.8 Å². The second-order valence-corrected chi connectivity index (χ2v) is 7.06. The minimum atomic E-state index is -2.51. The first-order valence-electron chi connectivity index (χ1n) is 8.62. The molecule has 0 saturated carbocycles. The first kappa shape index (κ1) is 20.6. The second-order valence-electron chi connectivity index (χ2n) is 6.39. The highest BCUT2D eigenvalue weighted by Gasteiger charge is 2.25. The van der Waals surface area contributed by atoms with Gasteiger partial charge in [0.15, 0.2) is 0 Å². The Bertz CT molecular complexity index is 952. The minimum absolute atomic E-state index is 0.118. The Morgan fingerprint density at radius 1 is 1.34 bits per heavy atom. The number of carbonyl (C=O) groups is 1. The Balaban J connectivity index is 1.84. The van der Waals surface area contributed by atoms with E-state index in [4.69, 9.17) is 9.47 Å². The molecular formula is C19H21N4O5S-. The second kappa shape index (κ2) is 8.50. The van der Waals surface area contributed by atoms with Crippen LogP contribution in [-0.2, 0) is 35.7 Å². The summed E-state index contributed by atoms with van der Waals surface area (Å²) in [6, 6.07) is 3.55. The molecule has 154 valence electrons. The van der Waals surface area contributed by atoms with Crippen LogP contribution in [0.1, 0.15) is 22.4 Å². The number of hydrogen-bond acceptors (Lipinski definition) is 6. The summed E-state index contributed by atoms with van der Waals surface area (Å²) in [7, 11) is 2.97. The van der Waals surface area contributed by atoms with E-state index >= 15 is 0 Å². The molecule has 2 aromatic rings. The zero-order valence-corrected chi connectivity index (χ0v) is 17.0. The molecule has 1 aromatic heterocycles. The van der Waals surface area contributed by atoms with Crippen molar-refractivity contribution in [2.45, 2.75) is 19.6 Å². The Labute approximate surface area is 171 Å². The molecule has 1 amide bonds. The van der Waals surface area contributed by atoms with E-state index in [0.717, 1.165) is 16.8 Å². The van der Waals surface area contributed by atoms with Gasteiger partial charge in [-0.15, -0.1) is 0 Å². The molecule has 9 nitrogen and oxygen atoms in total. The summed E-state index contributed by atoms with van der Waals surface area (Å²) < 4.78 is 36.7. The number of nitrogens with zero attached hydrogens (tertiary/aromatic N) is 3. The number of aromatic nitrogens is 2. The Kier molecular flexibility index (Phi) is 6.04. The lowest BCUT2D eigenvalue weighted by Crippen LogP contribution is -2.23. The van der Waals surface area contributed by atoms with Crippen LogP contribution in [0.3, 0.4) is 0 Å².